The monoisotopic (exact) mass is 330 g/mol. The fourth-order valence-electron chi connectivity index (χ4n) is 2.47. The second kappa shape index (κ2) is 6.15. The van der Waals surface area contributed by atoms with Crippen molar-refractivity contribution in [2.75, 3.05) is 6.26 Å². The molecule has 1 saturated carbocycles. The first-order chi connectivity index (χ1) is 8.63. The molecule has 5 heteroatoms. The van der Waals surface area contributed by atoms with Gasteiger partial charge in [-0.05, 0) is 54.4 Å². The van der Waals surface area contributed by atoms with Gasteiger partial charge in [0.05, 0.1) is 0 Å². The molecule has 1 heterocycles. The molecule has 0 aliphatic heterocycles. The van der Waals surface area contributed by atoms with Gasteiger partial charge in [-0.25, -0.2) is 0 Å². The van der Waals surface area contributed by atoms with Crippen molar-refractivity contribution in [2.24, 2.45) is 0 Å². The Morgan fingerprint density at radius 1 is 1.61 bits per heavy atom. The van der Waals surface area contributed by atoms with Crippen LogP contribution in [0.4, 0.5) is 0 Å². The average molecular weight is 331 g/mol. The first-order valence-electron chi connectivity index (χ1n) is 6.33. The van der Waals surface area contributed by atoms with E-state index in [0.29, 0.717) is 11.3 Å². The second-order valence-electron chi connectivity index (χ2n) is 4.67. The number of amides is 1. The molecule has 1 fully saturated rings. The SMILES string of the molecule is CCn1cc(Br)cc1C(=O)NC1CCC(SC)C1. The molecule has 1 aliphatic carbocycles. The van der Waals surface area contributed by atoms with Crippen molar-refractivity contribution in [3.63, 3.8) is 0 Å². The maximum atomic E-state index is 12.2. The number of nitrogens with one attached hydrogen (secondary N) is 1. The summed E-state index contributed by atoms with van der Waals surface area (Å²) in [7, 11) is 0. The molecule has 3 nitrogen and oxygen atoms in total. The van der Waals surface area contributed by atoms with E-state index >= 15 is 0 Å². The molecule has 1 aromatic rings. The third-order valence-corrected chi connectivity index (χ3v) is 5.02. The van der Waals surface area contributed by atoms with E-state index in [-0.39, 0.29) is 5.91 Å². The summed E-state index contributed by atoms with van der Waals surface area (Å²) in [4.78, 5) is 12.2. The zero-order valence-corrected chi connectivity index (χ0v) is 13.2. The molecule has 1 aromatic heterocycles. The van der Waals surface area contributed by atoms with Crippen LogP contribution in [-0.4, -0.2) is 28.0 Å². The number of nitrogens with zero attached hydrogens (tertiary/aromatic N) is 1. The van der Waals surface area contributed by atoms with Crippen molar-refractivity contribution in [2.45, 2.75) is 44.0 Å². The second-order valence-corrected chi connectivity index (χ2v) is 6.72. The predicted octanol–water partition coefficient (Wildman–Crippen LogP) is 3.28. The molecule has 0 saturated heterocycles. The molecular formula is C13H19BrN2OS. The van der Waals surface area contributed by atoms with E-state index in [0.717, 1.165) is 29.6 Å². The molecule has 100 valence electrons. The molecule has 0 bridgehead atoms. The Morgan fingerprint density at radius 2 is 2.39 bits per heavy atom. The third kappa shape index (κ3) is 3.12. The lowest BCUT2D eigenvalue weighted by molar-refractivity contribution is 0.0928. The van der Waals surface area contributed by atoms with Crippen molar-refractivity contribution in [1.82, 2.24) is 9.88 Å². The highest BCUT2D eigenvalue weighted by molar-refractivity contribution is 9.10. The van der Waals surface area contributed by atoms with Gasteiger partial charge in [-0.2, -0.15) is 11.8 Å². The number of carbonyl (C=O) groups is 1. The summed E-state index contributed by atoms with van der Waals surface area (Å²) in [6.45, 7) is 2.86. The van der Waals surface area contributed by atoms with Crippen LogP contribution in [-0.2, 0) is 6.54 Å². The molecule has 18 heavy (non-hydrogen) atoms. The van der Waals surface area contributed by atoms with E-state index in [2.05, 4.69) is 27.5 Å². The quantitative estimate of drug-likeness (QED) is 0.919. The molecule has 0 aromatic carbocycles. The van der Waals surface area contributed by atoms with E-state index < -0.39 is 0 Å². The molecule has 0 spiro atoms. The molecule has 1 aliphatic rings. The van der Waals surface area contributed by atoms with Crippen molar-refractivity contribution >= 4 is 33.6 Å². The van der Waals surface area contributed by atoms with Gasteiger partial charge in [0.2, 0.25) is 0 Å². The highest BCUT2D eigenvalue weighted by atomic mass is 79.9. The summed E-state index contributed by atoms with van der Waals surface area (Å²) in [5.41, 5.74) is 0.747. The molecular weight excluding hydrogens is 312 g/mol. The number of aromatic nitrogens is 1. The van der Waals surface area contributed by atoms with Gasteiger partial charge < -0.3 is 9.88 Å². The predicted molar refractivity (Wildman–Crippen MR) is 80.2 cm³/mol. The van der Waals surface area contributed by atoms with E-state index in [4.69, 9.17) is 0 Å². The van der Waals surface area contributed by atoms with Crippen LogP contribution in [0.5, 0.6) is 0 Å². The largest absolute Gasteiger partial charge is 0.348 e. The molecule has 2 unspecified atom stereocenters. The summed E-state index contributed by atoms with van der Waals surface area (Å²) in [6.07, 6.45) is 7.51. The van der Waals surface area contributed by atoms with Gasteiger partial charge in [-0.1, -0.05) is 0 Å². The lowest BCUT2D eigenvalue weighted by atomic mass is 10.2. The first kappa shape index (κ1) is 14.0. The average Bonchev–Trinajstić information content (AvgIpc) is 2.95. The lowest BCUT2D eigenvalue weighted by Gasteiger charge is -2.13. The van der Waals surface area contributed by atoms with E-state index in [1.54, 1.807) is 0 Å². The number of halogens is 1. The molecule has 1 N–H and O–H groups in total. The number of rotatable bonds is 4. The molecule has 0 radical (unpaired) electrons. The molecule has 2 rings (SSSR count). The Labute approximate surface area is 121 Å². The Balaban J connectivity index is 1.99. The zero-order chi connectivity index (χ0) is 13.1. The van der Waals surface area contributed by atoms with Gasteiger partial charge in [0.15, 0.2) is 0 Å². The molecule has 2 atom stereocenters. The van der Waals surface area contributed by atoms with Crippen LogP contribution in [0.1, 0.15) is 36.7 Å². The van der Waals surface area contributed by atoms with Crippen LogP contribution >= 0.6 is 27.7 Å². The fourth-order valence-corrected chi connectivity index (χ4v) is 3.73. The maximum Gasteiger partial charge on any atom is 0.268 e. The van der Waals surface area contributed by atoms with Crippen LogP contribution in [0.15, 0.2) is 16.7 Å². The normalized spacial score (nSPS) is 23.3. The van der Waals surface area contributed by atoms with E-state index in [9.17, 15) is 4.79 Å². The first-order valence-corrected chi connectivity index (χ1v) is 8.41. The van der Waals surface area contributed by atoms with Crippen molar-refractivity contribution in [3.8, 4) is 0 Å². The number of carbonyl (C=O) groups excluding carboxylic acids is 1. The van der Waals surface area contributed by atoms with E-state index in [1.807, 2.05) is 35.5 Å². The smallest absolute Gasteiger partial charge is 0.268 e. The Morgan fingerprint density at radius 3 is 3.00 bits per heavy atom. The maximum absolute atomic E-state index is 12.2. The fraction of sp³-hybridized carbons (Fsp3) is 0.615. The van der Waals surface area contributed by atoms with E-state index in [1.165, 1.54) is 6.42 Å². The summed E-state index contributed by atoms with van der Waals surface area (Å²) in [5, 5.41) is 3.86. The highest BCUT2D eigenvalue weighted by Crippen LogP contribution is 2.28. The van der Waals surface area contributed by atoms with Crippen molar-refractivity contribution < 1.29 is 4.79 Å². The highest BCUT2D eigenvalue weighted by Gasteiger charge is 2.26. The van der Waals surface area contributed by atoms with Gasteiger partial charge in [0.25, 0.3) is 5.91 Å². The lowest BCUT2D eigenvalue weighted by Crippen LogP contribution is -2.34. The topological polar surface area (TPSA) is 34.0 Å². The van der Waals surface area contributed by atoms with Crippen LogP contribution in [0.2, 0.25) is 0 Å². The minimum absolute atomic E-state index is 0.0503. The van der Waals surface area contributed by atoms with Crippen LogP contribution in [0, 0.1) is 0 Å². The van der Waals surface area contributed by atoms with Gasteiger partial charge in [0, 0.05) is 28.5 Å². The third-order valence-electron chi connectivity index (χ3n) is 3.49. The molecule has 1 amide bonds. The summed E-state index contributed by atoms with van der Waals surface area (Å²) >= 11 is 5.33. The number of thioether (sulfide) groups is 1. The van der Waals surface area contributed by atoms with Crippen molar-refractivity contribution in [3.05, 3.63) is 22.4 Å². The van der Waals surface area contributed by atoms with Crippen molar-refractivity contribution in [1.29, 1.82) is 0 Å². The summed E-state index contributed by atoms with van der Waals surface area (Å²) < 4.78 is 2.93. The Kier molecular flexibility index (Phi) is 4.78. The zero-order valence-electron chi connectivity index (χ0n) is 10.8. The van der Waals surface area contributed by atoms with Crippen LogP contribution in [0.3, 0.4) is 0 Å². The Hall–Kier alpha value is -0.420. The van der Waals surface area contributed by atoms with Crippen LogP contribution in [0.25, 0.3) is 0 Å². The minimum atomic E-state index is 0.0503. The Bertz CT molecular complexity index is 433. The number of hydrogen-bond acceptors (Lipinski definition) is 2. The van der Waals surface area contributed by atoms with Gasteiger partial charge >= 0.3 is 0 Å². The summed E-state index contributed by atoms with van der Waals surface area (Å²) in [6, 6.07) is 2.23. The number of hydrogen-bond donors (Lipinski definition) is 1. The minimum Gasteiger partial charge on any atom is -0.348 e. The number of aryl methyl sites for hydroxylation is 1. The summed E-state index contributed by atoms with van der Waals surface area (Å²) in [5.74, 6) is 0.0503. The standard InChI is InChI=1S/C13H19BrN2OS/c1-3-16-8-9(14)6-12(16)13(17)15-10-4-5-11(7-10)18-2/h6,8,10-11H,3-5,7H2,1-2H3,(H,15,17). The van der Waals surface area contributed by atoms with Gasteiger partial charge in [-0.3, -0.25) is 4.79 Å². The van der Waals surface area contributed by atoms with Gasteiger partial charge in [0.1, 0.15) is 5.69 Å². The van der Waals surface area contributed by atoms with Crippen LogP contribution < -0.4 is 5.32 Å². The van der Waals surface area contributed by atoms with Gasteiger partial charge in [-0.15, -0.1) is 0 Å².